The zero-order valence-corrected chi connectivity index (χ0v) is 14.3. The number of nitrogens with zero attached hydrogens (tertiary/aromatic N) is 2. The molecule has 20 heavy (non-hydrogen) atoms. The predicted molar refractivity (Wildman–Crippen MR) is 79.5 cm³/mol. The van der Waals surface area contributed by atoms with Crippen LogP contribution in [0, 0.1) is 0 Å². The Hall–Kier alpha value is -0.910. The summed E-state index contributed by atoms with van der Waals surface area (Å²) < 4.78 is 2.01. The van der Waals surface area contributed by atoms with Gasteiger partial charge < -0.3 is 27.0 Å². The molecule has 3 nitrogen and oxygen atoms in total. The lowest BCUT2D eigenvalue weighted by Crippen LogP contribution is -3.00. The van der Waals surface area contributed by atoms with Gasteiger partial charge in [0.25, 0.3) is 0 Å². The topological polar surface area (TPSA) is 27.3 Å². The third kappa shape index (κ3) is 4.30. The van der Waals surface area contributed by atoms with E-state index >= 15 is 0 Å². The van der Waals surface area contributed by atoms with Crippen LogP contribution in [0.4, 0.5) is 5.69 Å². The second-order valence-corrected chi connectivity index (χ2v) is 5.26. The van der Waals surface area contributed by atoms with Gasteiger partial charge in [-0.2, -0.15) is 4.57 Å². The number of aliphatic hydroxyl groups is 1. The quantitative estimate of drug-likeness (QED) is 0.714. The van der Waals surface area contributed by atoms with Crippen LogP contribution in [0.5, 0.6) is 0 Å². The minimum absolute atomic E-state index is 0. The molecule has 1 aromatic carbocycles. The summed E-state index contributed by atoms with van der Waals surface area (Å²) in [4.78, 5) is 2.30. The average molecular weight is 357 g/mol. The monoisotopic (exact) mass is 356 g/mol. The molecule has 0 spiro atoms. The Labute approximate surface area is 135 Å². The molecule has 1 heterocycles. The molecule has 1 aromatic heterocycles. The van der Waals surface area contributed by atoms with Crippen molar-refractivity contribution in [2.75, 3.05) is 18.0 Å². The van der Waals surface area contributed by atoms with Crippen molar-refractivity contribution >= 4 is 17.0 Å². The largest absolute Gasteiger partial charge is 1.00 e. The van der Waals surface area contributed by atoms with Gasteiger partial charge in [0.2, 0.25) is 5.51 Å². The number of benzene rings is 1. The molecule has 1 atom stereocenters. The number of hydrogen-bond donors (Lipinski definition) is 1. The van der Waals surface area contributed by atoms with Crippen LogP contribution in [0.25, 0.3) is 0 Å². The lowest BCUT2D eigenvalue weighted by Gasteiger charge is -2.21. The highest BCUT2D eigenvalue weighted by Gasteiger charge is 2.14. The van der Waals surface area contributed by atoms with E-state index < -0.39 is 6.10 Å². The molecule has 0 saturated carbocycles. The van der Waals surface area contributed by atoms with Crippen LogP contribution in [-0.2, 0) is 6.54 Å². The van der Waals surface area contributed by atoms with Crippen LogP contribution in [0.1, 0.15) is 25.5 Å². The standard InChI is InChI=1S/C15H21N2OS.BrH/c1-3-17(4-2)14-7-5-13(6-8-14)15(18)11-16-9-10-19-12-16;/h5-10,12,15,18H,3-4,11H2,1-2H3;1H/q+1;/p-1. The number of hydrogen-bond acceptors (Lipinski definition) is 3. The fourth-order valence-corrected chi connectivity index (χ4v) is 2.78. The molecule has 2 rings (SSSR count). The maximum absolute atomic E-state index is 10.2. The van der Waals surface area contributed by atoms with Gasteiger partial charge in [-0.25, -0.2) is 0 Å². The van der Waals surface area contributed by atoms with Gasteiger partial charge in [0, 0.05) is 18.8 Å². The molecule has 1 N–H and O–H groups in total. The summed E-state index contributed by atoms with van der Waals surface area (Å²) in [5, 5.41) is 12.2. The van der Waals surface area contributed by atoms with Crippen molar-refractivity contribution in [1.82, 2.24) is 0 Å². The van der Waals surface area contributed by atoms with Gasteiger partial charge in [-0.3, -0.25) is 0 Å². The van der Waals surface area contributed by atoms with Crippen molar-refractivity contribution in [1.29, 1.82) is 0 Å². The third-order valence-corrected chi connectivity index (χ3v) is 3.99. The summed E-state index contributed by atoms with van der Waals surface area (Å²) in [5.41, 5.74) is 4.19. The first-order valence-electron chi connectivity index (χ1n) is 6.68. The highest BCUT2D eigenvalue weighted by Crippen LogP contribution is 2.19. The number of anilines is 1. The first-order chi connectivity index (χ1) is 9.24. The summed E-state index contributed by atoms with van der Waals surface area (Å²) in [6, 6.07) is 8.21. The highest BCUT2D eigenvalue weighted by atomic mass is 79.9. The minimum Gasteiger partial charge on any atom is -1.00 e. The fourth-order valence-electron chi connectivity index (χ4n) is 2.17. The third-order valence-electron chi connectivity index (χ3n) is 3.32. The Bertz CT molecular complexity index is 483. The van der Waals surface area contributed by atoms with Crippen molar-refractivity contribution < 1.29 is 26.7 Å². The zero-order valence-electron chi connectivity index (χ0n) is 11.9. The second-order valence-electron chi connectivity index (χ2n) is 4.50. The highest BCUT2D eigenvalue weighted by molar-refractivity contribution is 7.07. The Kier molecular flexibility index (Phi) is 7.19. The number of thiazole rings is 1. The molecule has 110 valence electrons. The van der Waals surface area contributed by atoms with E-state index in [0.29, 0.717) is 6.54 Å². The summed E-state index contributed by atoms with van der Waals surface area (Å²) in [6.07, 6.45) is 1.53. The molecule has 0 amide bonds. The lowest BCUT2D eigenvalue weighted by atomic mass is 10.1. The van der Waals surface area contributed by atoms with E-state index in [0.717, 1.165) is 18.7 Å². The van der Waals surface area contributed by atoms with E-state index in [4.69, 9.17) is 0 Å². The zero-order chi connectivity index (χ0) is 13.7. The van der Waals surface area contributed by atoms with E-state index in [1.54, 1.807) is 11.3 Å². The average Bonchev–Trinajstić information content (AvgIpc) is 2.94. The predicted octanol–water partition coefficient (Wildman–Crippen LogP) is -0.381. The van der Waals surface area contributed by atoms with Crippen LogP contribution < -0.4 is 26.4 Å². The van der Waals surface area contributed by atoms with Gasteiger partial charge in [0.15, 0.2) is 12.7 Å². The minimum atomic E-state index is -0.453. The molecular weight excluding hydrogens is 336 g/mol. The number of aromatic nitrogens is 1. The van der Waals surface area contributed by atoms with Gasteiger partial charge in [0.05, 0.1) is 5.38 Å². The summed E-state index contributed by atoms with van der Waals surface area (Å²) in [5.74, 6) is 0. The molecular formula is C15H21BrN2OS. The molecule has 0 aliphatic rings. The molecule has 0 fully saturated rings. The van der Waals surface area contributed by atoms with E-state index in [9.17, 15) is 5.11 Å². The lowest BCUT2D eigenvalue weighted by molar-refractivity contribution is -0.700. The van der Waals surface area contributed by atoms with Crippen molar-refractivity contribution in [2.45, 2.75) is 26.5 Å². The van der Waals surface area contributed by atoms with Gasteiger partial charge in [-0.1, -0.05) is 23.5 Å². The van der Waals surface area contributed by atoms with E-state index in [-0.39, 0.29) is 17.0 Å². The Morgan fingerprint density at radius 2 is 1.85 bits per heavy atom. The normalized spacial score (nSPS) is 11.8. The van der Waals surface area contributed by atoms with E-state index in [2.05, 4.69) is 30.9 Å². The van der Waals surface area contributed by atoms with Gasteiger partial charge in [0.1, 0.15) is 6.10 Å². The van der Waals surface area contributed by atoms with Gasteiger partial charge in [-0.05, 0) is 31.5 Å². The maximum Gasteiger partial charge on any atom is 0.224 e. The van der Waals surface area contributed by atoms with Crippen LogP contribution in [0.2, 0.25) is 0 Å². The second kappa shape index (κ2) is 8.39. The number of aliphatic hydroxyl groups excluding tert-OH is 1. The number of rotatable bonds is 6. The Morgan fingerprint density at radius 3 is 2.35 bits per heavy atom. The SMILES string of the molecule is CCN(CC)c1ccc(C(O)C[n+]2ccsc2)cc1.[Br-]. The molecule has 2 aromatic rings. The molecule has 5 heteroatoms. The molecule has 0 aliphatic carbocycles. The van der Waals surface area contributed by atoms with Crippen molar-refractivity contribution in [2.24, 2.45) is 0 Å². The smallest absolute Gasteiger partial charge is 0.224 e. The first-order valence-corrected chi connectivity index (χ1v) is 7.63. The Morgan fingerprint density at radius 1 is 1.20 bits per heavy atom. The summed E-state index contributed by atoms with van der Waals surface area (Å²) in [7, 11) is 0. The van der Waals surface area contributed by atoms with Crippen molar-refractivity contribution in [3.63, 3.8) is 0 Å². The first kappa shape index (κ1) is 17.1. The van der Waals surface area contributed by atoms with Crippen LogP contribution >= 0.6 is 11.3 Å². The fraction of sp³-hybridized carbons (Fsp3) is 0.400. The van der Waals surface area contributed by atoms with Crippen molar-refractivity contribution in [3.8, 4) is 0 Å². The van der Waals surface area contributed by atoms with E-state index in [1.807, 2.05) is 33.8 Å². The van der Waals surface area contributed by atoms with Crippen LogP contribution in [0.3, 0.4) is 0 Å². The van der Waals surface area contributed by atoms with Gasteiger partial charge >= 0.3 is 0 Å². The van der Waals surface area contributed by atoms with Crippen molar-refractivity contribution in [3.05, 3.63) is 46.9 Å². The summed E-state index contributed by atoms with van der Waals surface area (Å²) in [6.45, 7) is 6.92. The summed E-state index contributed by atoms with van der Waals surface area (Å²) >= 11 is 1.63. The van der Waals surface area contributed by atoms with Crippen LogP contribution in [-0.4, -0.2) is 18.2 Å². The molecule has 1 unspecified atom stereocenters. The maximum atomic E-state index is 10.2. The molecule has 0 bridgehead atoms. The van der Waals surface area contributed by atoms with Crippen LogP contribution in [0.15, 0.2) is 41.4 Å². The number of halogens is 1. The molecule has 0 saturated heterocycles. The van der Waals surface area contributed by atoms with E-state index in [1.165, 1.54) is 5.69 Å². The molecule has 0 aliphatic heterocycles. The molecule has 0 radical (unpaired) electrons. The van der Waals surface area contributed by atoms with Gasteiger partial charge in [-0.15, -0.1) is 0 Å². The Balaban J connectivity index is 0.00000200.